The maximum absolute atomic E-state index is 11.8. The summed E-state index contributed by atoms with van der Waals surface area (Å²) in [5.74, 6) is 0.0571. The molecule has 0 aromatic heterocycles. The molecule has 130 valence electrons. The van der Waals surface area contributed by atoms with Gasteiger partial charge in [-0.05, 0) is 6.42 Å². The van der Waals surface area contributed by atoms with Crippen LogP contribution in [0.3, 0.4) is 0 Å². The van der Waals surface area contributed by atoms with Crippen molar-refractivity contribution in [3.8, 4) is 0 Å². The number of nitrogens with one attached hydrogen (secondary N) is 1. The van der Waals surface area contributed by atoms with Crippen molar-refractivity contribution in [3.05, 3.63) is 0 Å². The molecule has 0 aliphatic heterocycles. The predicted octanol–water partition coefficient (Wildman–Crippen LogP) is 0.659. The van der Waals surface area contributed by atoms with E-state index in [0.717, 1.165) is 18.2 Å². The number of thioether (sulfide) groups is 1. The van der Waals surface area contributed by atoms with E-state index in [2.05, 4.69) is 9.84 Å². The molecular weight excluding hydrogens is 333 g/mol. The molecule has 0 bridgehead atoms. The zero-order valence-corrected chi connectivity index (χ0v) is 14.7. The zero-order valence-electron chi connectivity index (χ0n) is 12.9. The Morgan fingerprint density at radius 2 is 1.95 bits per heavy atom. The molecule has 4 N–H and O–H groups in total. The molecule has 0 aliphatic rings. The maximum atomic E-state index is 11.8. The standard InChI is InChI=1S/C12H24NO7PS/c1-4-6-13-9(14)5-7-22-11(16)10(15)12(2,3)8-20-21(17,18)19/h10,15H,4-8H2,1-3H3,(H,13,14)(H2,17,18,19). The number of phosphoric ester groups is 1. The Morgan fingerprint density at radius 1 is 1.36 bits per heavy atom. The normalized spacial score (nSPS) is 13.7. The van der Waals surface area contributed by atoms with E-state index in [9.17, 15) is 19.3 Å². The number of rotatable bonds is 10. The predicted molar refractivity (Wildman–Crippen MR) is 83.2 cm³/mol. The Balaban J connectivity index is 4.24. The van der Waals surface area contributed by atoms with Crippen LogP contribution in [0.4, 0.5) is 0 Å². The molecule has 0 saturated heterocycles. The lowest BCUT2D eigenvalue weighted by molar-refractivity contribution is -0.125. The second-order valence-electron chi connectivity index (χ2n) is 5.42. The highest BCUT2D eigenvalue weighted by atomic mass is 32.2. The van der Waals surface area contributed by atoms with Crippen molar-refractivity contribution in [3.63, 3.8) is 0 Å². The van der Waals surface area contributed by atoms with Crippen LogP contribution >= 0.6 is 19.6 Å². The molecule has 8 nitrogen and oxygen atoms in total. The fourth-order valence-corrected chi connectivity index (χ4v) is 2.79. The molecule has 0 aliphatic carbocycles. The Labute approximate surface area is 134 Å². The van der Waals surface area contributed by atoms with Crippen LogP contribution in [-0.4, -0.2) is 50.9 Å². The molecule has 0 aromatic rings. The van der Waals surface area contributed by atoms with Crippen molar-refractivity contribution < 1.29 is 33.6 Å². The van der Waals surface area contributed by atoms with Crippen molar-refractivity contribution in [1.82, 2.24) is 5.32 Å². The number of aliphatic hydroxyl groups is 1. The summed E-state index contributed by atoms with van der Waals surface area (Å²) in [5.41, 5.74) is -1.16. The Morgan fingerprint density at radius 3 is 2.45 bits per heavy atom. The SMILES string of the molecule is CCCNC(=O)CCSC(=O)C(O)C(C)(C)COP(=O)(O)O. The van der Waals surface area contributed by atoms with Gasteiger partial charge in [0.1, 0.15) is 6.10 Å². The van der Waals surface area contributed by atoms with E-state index in [1.165, 1.54) is 13.8 Å². The van der Waals surface area contributed by atoms with Gasteiger partial charge in [0, 0.05) is 24.1 Å². The first-order valence-corrected chi connectivity index (χ1v) is 9.32. The fraction of sp³-hybridized carbons (Fsp3) is 0.833. The summed E-state index contributed by atoms with van der Waals surface area (Å²) < 4.78 is 15.0. The van der Waals surface area contributed by atoms with Crippen LogP contribution in [0.1, 0.15) is 33.6 Å². The van der Waals surface area contributed by atoms with Gasteiger partial charge in [0.25, 0.3) is 0 Å². The van der Waals surface area contributed by atoms with Gasteiger partial charge < -0.3 is 20.2 Å². The summed E-state index contributed by atoms with van der Waals surface area (Å²) in [6, 6.07) is 0. The second kappa shape index (κ2) is 9.64. The van der Waals surface area contributed by atoms with Crippen molar-refractivity contribution in [2.75, 3.05) is 18.9 Å². The van der Waals surface area contributed by atoms with E-state index in [1.54, 1.807) is 0 Å². The number of amides is 1. The molecule has 0 aromatic carbocycles. The van der Waals surface area contributed by atoms with E-state index in [1.807, 2.05) is 6.92 Å². The quantitative estimate of drug-likeness (QED) is 0.419. The highest BCUT2D eigenvalue weighted by Crippen LogP contribution is 2.39. The van der Waals surface area contributed by atoms with E-state index >= 15 is 0 Å². The first kappa shape index (κ1) is 21.6. The van der Waals surface area contributed by atoms with Crippen LogP contribution in [0.2, 0.25) is 0 Å². The minimum Gasteiger partial charge on any atom is -0.384 e. The van der Waals surface area contributed by atoms with Crippen LogP contribution in [0, 0.1) is 5.41 Å². The van der Waals surface area contributed by atoms with E-state index in [4.69, 9.17) is 9.79 Å². The van der Waals surface area contributed by atoms with Gasteiger partial charge >= 0.3 is 7.82 Å². The molecular formula is C12H24NO7PS. The molecule has 1 atom stereocenters. The molecule has 0 radical (unpaired) electrons. The van der Waals surface area contributed by atoms with Crippen LogP contribution < -0.4 is 5.32 Å². The van der Waals surface area contributed by atoms with Gasteiger partial charge in [-0.2, -0.15) is 0 Å². The van der Waals surface area contributed by atoms with Gasteiger partial charge in [-0.3, -0.25) is 14.1 Å². The van der Waals surface area contributed by atoms with Crippen LogP contribution in [-0.2, 0) is 18.7 Å². The first-order valence-electron chi connectivity index (χ1n) is 6.81. The molecule has 22 heavy (non-hydrogen) atoms. The minimum atomic E-state index is -4.66. The average Bonchev–Trinajstić information content (AvgIpc) is 2.41. The van der Waals surface area contributed by atoms with Gasteiger partial charge in [0.15, 0.2) is 0 Å². The average molecular weight is 357 g/mol. The molecule has 1 amide bonds. The summed E-state index contributed by atoms with van der Waals surface area (Å²) in [4.78, 5) is 40.5. The van der Waals surface area contributed by atoms with Gasteiger partial charge in [0.2, 0.25) is 11.0 Å². The zero-order chi connectivity index (χ0) is 17.4. The summed E-state index contributed by atoms with van der Waals surface area (Å²) in [6.07, 6.45) is -0.477. The van der Waals surface area contributed by atoms with Crippen molar-refractivity contribution >= 4 is 30.6 Å². The molecule has 0 fully saturated rings. The number of hydrogen-bond donors (Lipinski definition) is 4. The van der Waals surface area contributed by atoms with Gasteiger partial charge in [-0.15, -0.1) is 0 Å². The maximum Gasteiger partial charge on any atom is 0.469 e. The van der Waals surface area contributed by atoms with E-state index in [-0.39, 0.29) is 18.1 Å². The summed E-state index contributed by atoms with van der Waals surface area (Å²) >= 11 is 0.807. The lowest BCUT2D eigenvalue weighted by Crippen LogP contribution is -2.38. The van der Waals surface area contributed by atoms with Gasteiger partial charge in [-0.25, -0.2) is 4.57 Å². The number of carbonyl (C=O) groups is 2. The van der Waals surface area contributed by atoms with Gasteiger partial charge in [0.05, 0.1) is 6.61 Å². The minimum absolute atomic E-state index is 0.155. The number of hydrogen-bond acceptors (Lipinski definition) is 6. The van der Waals surface area contributed by atoms with Crippen LogP contribution in [0.15, 0.2) is 0 Å². The highest BCUT2D eigenvalue weighted by Gasteiger charge is 2.36. The monoisotopic (exact) mass is 357 g/mol. The third kappa shape index (κ3) is 9.55. The molecule has 1 unspecified atom stereocenters. The smallest absolute Gasteiger partial charge is 0.384 e. The number of phosphoric acid groups is 1. The van der Waals surface area contributed by atoms with Crippen molar-refractivity contribution in [2.24, 2.45) is 5.41 Å². The molecule has 0 spiro atoms. The van der Waals surface area contributed by atoms with Crippen molar-refractivity contribution in [2.45, 2.75) is 39.7 Å². The molecule has 10 heteroatoms. The van der Waals surface area contributed by atoms with E-state index < -0.39 is 31.1 Å². The van der Waals surface area contributed by atoms with Crippen LogP contribution in [0.25, 0.3) is 0 Å². The number of carbonyl (C=O) groups excluding carboxylic acids is 2. The Hall–Kier alpha value is -0.440. The van der Waals surface area contributed by atoms with Gasteiger partial charge in [-0.1, -0.05) is 32.5 Å². The second-order valence-corrected chi connectivity index (χ2v) is 7.76. The third-order valence-electron chi connectivity index (χ3n) is 2.71. The van der Waals surface area contributed by atoms with Crippen LogP contribution in [0.5, 0.6) is 0 Å². The highest BCUT2D eigenvalue weighted by molar-refractivity contribution is 8.13. The fourth-order valence-electron chi connectivity index (χ4n) is 1.32. The summed E-state index contributed by atoms with van der Waals surface area (Å²) in [7, 11) is -4.66. The van der Waals surface area contributed by atoms with E-state index in [0.29, 0.717) is 6.54 Å². The lowest BCUT2D eigenvalue weighted by Gasteiger charge is -2.28. The Bertz CT molecular complexity index is 424. The molecule has 0 heterocycles. The number of aliphatic hydroxyl groups excluding tert-OH is 1. The first-order chi connectivity index (χ1) is 9.99. The molecule has 0 saturated carbocycles. The topological polar surface area (TPSA) is 133 Å². The lowest BCUT2D eigenvalue weighted by atomic mass is 9.88. The largest absolute Gasteiger partial charge is 0.469 e. The Kier molecular flexibility index (Phi) is 9.45. The van der Waals surface area contributed by atoms with Crippen molar-refractivity contribution in [1.29, 1.82) is 0 Å². The summed E-state index contributed by atoms with van der Waals surface area (Å²) in [5, 5.41) is 12.0. The molecule has 0 rings (SSSR count). The third-order valence-corrected chi connectivity index (χ3v) is 4.10. The summed E-state index contributed by atoms with van der Waals surface area (Å²) in [6.45, 7) is 4.95.